The van der Waals surface area contributed by atoms with Crippen LogP contribution in [-0.4, -0.2) is 25.7 Å². The predicted molar refractivity (Wildman–Crippen MR) is 73.9 cm³/mol. The maximum absolute atomic E-state index is 11.0. The van der Waals surface area contributed by atoms with Crippen LogP contribution in [0.3, 0.4) is 0 Å². The van der Waals surface area contributed by atoms with Crippen molar-refractivity contribution in [3.63, 3.8) is 0 Å². The van der Waals surface area contributed by atoms with Crippen LogP contribution < -0.4 is 5.32 Å². The molecule has 0 aliphatic carbocycles. The fourth-order valence-corrected chi connectivity index (χ4v) is 2.12. The SMILES string of the molecule is CC(Cn1cccn1)Nc1c(Br)cncc1[N+](=O)[O-]. The van der Waals surface area contributed by atoms with Gasteiger partial charge in [0.05, 0.1) is 15.9 Å². The normalized spacial score (nSPS) is 12.1. The Morgan fingerprint density at radius 2 is 2.37 bits per heavy atom. The van der Waals surface area contributed by atoms with E-state index in [1.165, 1.54) is 12.4 Å². The van der Waals surface area contributed by atoms with Crippen LogP contribution in [0.15, 0.2) is 35.3 Å². The maximum atomic E-state index is 11.0. The molecule has 0 saturated heterocycles. The van der Waals surface area contributed by atoms with Crippen molar-refractivity contribution in [2.75, 3.05) is 5.32 Å². The molecule has 1 N–H and O–H groups in total. The van der Waals surface area contributed by atoms with E-state index in [-0.39, 0.29) is 11.7 Å². The zero-order chi connectivity index (χ0) is 13.8. The first-order valence-corrected chi connectivity index (χ1v) is 6.39. The van der Waals surface area contributed by atoms with Gasteiger partial charge in [0.2, 0.25) is 0 Å². The minimum absolute atomic E-state index is 0.0164. The number of rotatable bonds is 5. The Kier molecular flexibility index (Phi) is 4.10. The zero-order valence-electron chi connectivity index (χ0n) is 10.2. The molecule has 1 unspecified atom stereocenters. The van der Waals surface area contributed by atoms with E-state index in [4.69, 9.17) is 0 Å². The van der Waals surface area contributed by atoms with Gasteiger partial charge in [0.25, 0.3) is 0 Å². The van der Waals surface area contributed by atoms with E-state index in [0.717, 1.165) is 0 Å². The highest BCUT2D eigenvalue weighted by Gasteiger charge is 2.19. The second-order valence-electron chi connectivity index (χ2n) is 4.05. The van der Waals surface area contributed by atoms with Crippen molar-refractivity contribution in [3.8, 4) is 0 Å². The van der Waals surface area contributed by atoms with Crippen molar-refractivity contribution in [3.05, 3.63) is 45.4 Å². The molecule has 0 aliphatic heterocycles. The van der Waals surface area contributed by atoms with Crippen LogP contribution in [-0.2, 0) is 6.54 Å². The maximum Gasteiger partial charge on any atom is 0.311 e. The first-order valence-electron chi connectivity index (χ1n) is 5.60. The molecule has 7 nitrogen and oxygen atoms in total. The Morgan fingerprint density at radius 1 is 1.58 bits per heavy atom. The molecule has 0 amide bonds. The van der Waals surface area contributed by atoms with Gasteiger partial charge in [-0.05, 0) is 28.9 Å². The molecule has 100 valence electrons. The molecular formula is C11H12BrN5O2. The second kappa shape index (κ2) is 5.79. The molecule has 0 saturated carbocycles. The number of halogens is 1. The Balaban J connectivity index is 2.16. The monoisotopic (exact) mass is 325 g/mol. The van der Waals surface area contributed by atoms with Crippen LogP contribution in [0.4, 0.5) is 11.4 Å². The molecule has 0 bridgehead atoms. The molecule has 0 aromatic carbocycles. The lowest BCUT2D eigenvalue weighted by molar-refractivity contribution is -0.384. The number of hydrogen-bond acceptors (Lipinski definition) is 5. The van der Waals surface area contributed by atoms with E-state index in [2.05, 4.69) is 31.3 Å². The van der Waals surface area contributed by atoms with E-state index in [1.807, 2.05) is 19.2 Å². The van der Waals surface area contributed by atoms with Gasteiger partial charge < -0.3 is 5.32 Å². The number of nitro groups is 1. The highest BCUT2D eigenvalue weighted by atomic mass is 79.9. The fraction of sp³-hybridized carbons (Fsp3) is 0.273. The largest absolute Gasteiger partial charge is 0.374 e. The molecule has 0 fully saturated rings. The Labute approximate surface area is 117 Å². The summed E-state index contributed by atoms with van der Waals surface area (Å²) in [6.07, 6.45) is 6.29. The van der Waals surface area contributed by atoms with E-state index >= 15 is 0 Å². The zero-order valence-corrected chi connectivity index (χ0v) is 11.7. The van der Waals surface area contributed by atoms with Crippen molar-refractivity contribution >= 4 is 27.3 Å². The van der Waals surface area contributed by atoms with Crippen molar-refractivity contribution in [1.82, 2.24) is 14.8 Å². The molecule has 2 rings (SSSR count). The van der Waals surface area contributed by atoms with E-state index in [1.54, 1.807) is 10.9 Å². The van der Waals surface area contributed by atoms with Gasteiger partial charge in [0.15, 0.2) is 0 Å². The highest BCUT2D eigenvalue weighted by molar-refractivity contribution is 9.10. The van der Waals surface area contributed by atoms with Gasteiger partial charge in [-0.15, -0.1) is 0 Å². The fourth-order valence-electron chi connectivity index (χ4n) is 1.69. The minimum atomic E-state index is -0.458. The molecule has 2 heterocycles. The standard InChI is InChI=1S/C11H12BrN5O2/c1-8(7-16-4-2-3-14-16)15-11-9(12)5-13-6-10(11)17(18)19/h2-6,8H,7H2,1H3,(H,13,15). The average Bonchev–Trinajstić information content (AvgIpc) is 2.84. The lowest BCUT2D eigenvalue weighted by atomic mass is 10.3. The lowest BCUT2D eigenvalue weighted by Crippen LogP contribution is -2.23. The average molecular weight is 326 g/mol. The molecule has 2 aromatic heterocycles. The van der Waals surface area contributed by atoms with Gasteiger partial charge in [-0.1, -0.05) is 0 Å². The number of nitrogens with one attached hydrogen (secondary N) is 1. The molecule has 0 spiro atoms. The number of pyridine rings is 1. The summed E-state index contributed by atoms with van der Waals surface area (Å²) >= 11 is 3.27. The van der Waals surface area contributed by atoms with Crippen LogP contribution in [0.25, 0.3) is 0 Å². The third kappa shape index (κ3) is 3.28. The van der Waals surface area contributed by atoms with E-state index < -0.39 is 4.92 Å². The van der Waals surface area contributed by atoms with Gasteiger partial charge in [0, 0.05) is 24.6 Å². The van der Waals surface area contributed by atoms with Gasteiger partial charge in [-0.3, -0.25) is 19.8 Å². The summed E-state index contributed by atoms with van der Waals surface area (Å²) in [6.45, 7) is 2.54. The summed E-state index contributed by atoms with van der Waals surface area (Å²) < 4.78 is 2.33. The van der Waals surface area contributed by atoms with Crippen LogP contribution in [0.1, 0.15) is 6.92 Å². The van der Waals surface area contributed by atoms with Crippen LogP contribution in [0.2, 0.25) is 0 Å². The predicted octanol–water partition coefficient (Wildman–Crippen LogP) is 2.45. The van der Waals surface area contributed by atoms with Crippen molar-refractivity contribution in [2.45, 2.75) is 19.5 Å². The minimum Gasteiger partial charge on any atom is -0.374 e. The third-order valence-corrected chi connectivity index (χ3v) is 3.09. The number of nitrogens with zero attached hydrogens (tertiary/aromatic N) is 4. The Hall–Kier alpha value is -1.96. The third-order valence-electron chi connectivity index (χ3n) is 2.49. The summed E-state index contributed by atoms with van der Waals surface area (Å²) in [5.74, 6) is 0. The second-order valence-corrected chi connectivity index (χ2v) is 4.90. The number of anilines is 1. The first kappa shape index (κ1) is 13.5. The lowest BCUT2D eigenvalue weighted by Gasteiger charge is -2.16. The van der Waals surface area contributed by atoms with E-state index in [9.17, 15) is 10.1 Å². The molecule has 8 heteroatoms. The van der Waals surface area contributed by atoms with Crippen molar-refractivity contribution in [2.24, 2.45) is 0 Å². The topological polar surface area (TPSA) is 85.9 Å². The molecule has 0 radical (unpaired) electrons. The number of hydrogen-bond donors (Lipinski definition) is 1. The Bertz CT molecular complexity index is 572. The highest BCUT2D eigenvalue weighted by Crippen LogP contribution is 2.31. The van der Waals surface area contributed by atoms with Crippen molar-refractivity contribution < 1.29 is 4.92 Å². The summed E-state index contributed by atoms with van der Waals surface area (Å²) in [7, 11) is 0. The van der Waals surface area contributed by atoms with Crippen LogP contribution in [0, 0.1) is 10.1 Å². The van der Waals surface area contributed by atoms with Crippen molar-refractivity contribution in [1.29, 1.82) is 0 Å². The summed E-state index contributed by atoms with van der Waals surface area (Å²) in [4.78, 5) is 14.3. The summed E-state index contributed by atoms with van der Waals surface area (Å²) in [5.41, 5.74) is 0.376. The summed E-state index contributed by atoms with van der Waals surface area (Å²) in [5, 5.41) is 18.2. The number of aromatic nitrogens is 3. The smallest absolute Gasteiger partial charge is 0.311 e. The quantitative estimate of drug-likeness (QED) is 0.674. The van der Waals surface area contributed by atoms with Gasteiger partial charge >= 0.3 is 5.69 Å². The Morgan fingerprint density at radius 3 is 3.00 bits per heavy atom. The first-order chi connectivity index (χ1) is 9.08. The van der Waals surface area contributed by atoms with E-state index in [0.29, 0.717) is 16.7 Å². The molecule has 1 atom stereocenters. The molecule has 19 heavy (non-hydrogen) atoms. The molecular weight excluding hydrogens is 314 g/mol. The van der Waals surface area contributed by atoms with Gasteiger partial charge in [-0.25, -0.2) is 0 Å². The molecule has 2 aromatic rings. The summed E-state index contributed by atoms with van der Waals surface area (Å²) in [6, 6.07) is 1.81. The van der Waals surface area contributed by atoms with Crippen LogP contribution in [0.5, 0.6) is 0 Å². The van der Waals surface area contributed by atoms with Crippen LogP contribution >= 0.6 is 15.9 Å². The molecule has 0 aliphatic rings. The van der Waals surface area contributed by atoms with Gasteiger partial charge in [0.1, 0.15) is 11.9 Å². The van der Waals surface area contributed by atoms with Gasteiger partial charge in [-0.2, -0.15) is 5.10 Å².